The number of esters is 1. The Bertz CT molecular complexity index is 287. The highest BCUT2D eigenvalue weighted by Gasteiger charge is 2.06. The molecule has 3 nitrogen and oxygen atoms in total. The van der Waals surface area contributed by atoms with Crippen LogP contribution in [0.5, 0.6) is 0 Å². The van der Waals surface area contributed by atoms with Gasteiger partial charge in [-0.3, -0.25) is 4.79 Å². The molecule has 0 unspecified atom stereocenters. The first kappa shape index (κ1) is 22.2. The molecule has 0 saturated carbocycles. The molecule has 3 heteroatoms. The Morgan fingerprint density at radius 2 is 1.57 bits per heavy atom. The van der Waals surface area contributed by atoms with Gasteiger partial charge in [-0.05, 0) is 38.5 Å². The Morgan fingerprint density at radius 1 is 0.870 bits per heavy atom. The molecule has 0 aliphatic heterocycles. The fourth-order valence-electron chi connectivity index (χ4n) is 2.68. The zero-order chi connectivity index (χ0) is 17.2. The molecule has 0 aromatic carbocycles. The van der Waals surface area contributed by atoms with E-state index in [-0.39, 0.29) is 5.97 Å². The molecule has 1 atom stereocenters. The number of unbranched alkanes of at least 4 members (excludes halogenated alkanes) is 7. The molecule has 0 heterocycles. The molecule has 136 valence electrons. The molecule has 0 aromatic heterocycles. The molecule has 0 amide bonds. The first-order valence-electron chi connectivity index (χ1n) is 9.49. The van der Waals surface area contributed by atoms with Crippen molar-refractivity contribution in [2.24, 2.45) is 0 Å². The summed E-state index contributed by atoms with van der Waals surface area (Å²) >= 11 is 0. The third-order valence-electron chi connectivity index (χ3n) is 4.26. The fourth-order valence-corrected chi connectivity index (χ4v) is 2.68. The van der Waals surface area contributed by atoms with Crippen molar-refractivity contribution in [1.29, 1.82) is 0 Å². The van der Waals surface area contributed by atoms with Crippen molar-refractivity contribution < 1.29 is 14.3 Å². The van der Waals surface area contributed by atoms with Crippen LogP contribution in [-0.2, 0) is 14.3 Å². The zero-order valence-electron chi connectivity index (χ0n) is 15.6. The summed E-state index contributed by atoms with van der Waals surface area (Å²) in [6.45, 7) is 2.24. The number of rotatable bonds is 16. The maximum absolute atomic E-state index is 11.0. The summed E-state index contributed by atoms with van der Waals surface area (Å²) in [6, 6.07) is 0. The molecular weight excluding hydrogens is 288 g/mol. The Morgan fingerprint density at radius 3 is 2.26 bits per heavy atom. The highest BCUT2D eigenvalue weighted by atomic mass is 16.5. The average Bonchev–Trinajstić information content (AvgIpc) is 2.57. The number of carbonyl (C=O) groups is 1. The second-order valence-electron chi connectivity index (χ2n) is 6.28. The number of carbonyl (C=O) groups excluding carboxylic acids is 1. The van der Waals surface area contributed by atoms with Gasteiger partial charge in [-0.2, -0.15) is 0 Å². The van der Waals surface area contributed by atoms with Gasteiger partial charge in [0.1, 0.15) is 0 Å². The van der Waals surface area contributed by atoms with E-state index in [1.807, 2.05) is 7.11 Å². The lowest BCUT2D eigenvalue weighted by molar-refractivity contribution is -0.140. The molecule has 0 saturated heterocycles. The van der Waals surface area contributed by atoms with E-state index in [2.05, 4.69) is 23.8 Å². The lowest BCUT2D eigenvalue weighted by Crippen LogP contribution is -2.09. The Labute approximate surface area is 143 Å². The highest BCUT2D eigenvalue weighted by molar-refractivity contribution is 5.68. The van der Waals surface area contributed by atoms with E-state index in [1.165, 1.54) is 52.1 Å². The minimum Gasteiger partial charge on any atom is -0.469 e. The summed E-state index contributed by atoms with van der Waals surface area (Å²) in [6.07, 6.45) is 19.9. The summed E-state index contributed by atoms with van der Waals surface area (Å²) in [5, 5.41) is 0. The predicted molar refractivity (Wildman–Crippen MR) is 97.6 cm³/mol. The van der Waals surface area contributed by atoms with Gasteiger partial charge in [0.2, 0.25) is 0 Å². The van der Waals surface area contributed by atoms with Gasteiger partial charge in [-0.25, -0.2) is 0 Å². The number of allylic oxidation sites excluding steroid dienone is 2. The average molecular weight is 327 g/mol. The van der Waals surface area contributed by atoms with E-state index in [1.54, 1.807) is 0 Å². The molecule has 23 heavy (non-hydrogen) atoms. The molecule has 0 rings (SSSR count). The molecule has 0 bridgehead atoms. The van der Waals surface area contributed by atoms with E-state index in [0.717, 1.165) is 32.1 Å². The normalized spacial score (nSPS) is 12.7. The Balaban J connectivity index is 3.46. The first-order valence-corrected chi connectivity index (χ1v) is 9.49. The van der Waals surface area contributed by atoms with Gasteiger partial charge in [0.25, 0.3) is 0 Å². The molecule has 0 aliphatic carbocycles. The lowest BCUT2D eigenvalue weighted by atomic mass is 10.0. The van der Waals surface area contributed by atoms with Crippen LogP contribution in [0.25, 0.3) is 0 Å². The zero-order valence-corrected chi connectivity index (χ0v) is 15.6. The van der Waals surface area contributed by atoms with Crippen LogP contribution in [0.1, 0.15) is 90.4 Å². The van der Waals surface area contributed by atoms with E-state index >= 15 is 0 Å². The molecular formula is C20H38O3. The van der Waals surface area contributed by atoms with Crippen molar-refractivity contribution in [2.75, 3.05) is 14.2 Å². The van der Waals surface area contributed by atoms with Crippen LogP contribution in [-0.4, -0.2) is 26.3 Å². The number of methoxy groups -OCH3 is 2. The van der Waals surface area contributed by atoms with E-state index in [9.17, 15) is 4.79 Å². The summed E-state index contributed by atoms with van der Waals surface area (Å²) in [7, 11) is 3.28. The van der Waals surface area contributed by atoms with Gasteiger partial charge in [-0.15, -0.1) is 0 Å². The van der Waals surface area contributed by atoms with Crippen molar-refractivity contribution in [2.45, 2.75) is 96.5 Å². The van der Waals surface area contributed by atoms with E-state index in [0.29, 0.717) is 12.5 Å². The predicted octanol–water partition coefficient (Wildman–Crippen LogP) is 5.82. The third-order valence-corrected chi connectivity index (χ3v) is 4.26. The Kier molecular flexibility index (Phi) is 16.9. The SMILES string of the molecule is CCCCC/C=C\CC[C@H](CCCCCCCC(=O)OC)OC. The van der Waals surface area contributed by atoms with Crippen LogP contribution < -0.4 is 0 Å². The molecule has 0 aliphatic rings. The van der Waals surface area contributed by atoms with Crippen molar-refractivity contribution in [3.8, 4) is 0 Å². The van der Waals surface area contributed by atoms with E-state index in [4.69, 9.17) is 4.74 Å². The van der Waals surface area contributed by atoms with Crippen molar-refractivity contribution in [3.63, 3.8) is 0 Å². The van der Waals surface area contributed by atoms with E-state index < -0.39 is 0 Å². The van der Waals surface area contributed by atoms with Gasteiger partial charge < -0.3 is 9.47 Å². The molecule has 0 fully saturated rings. The maximum Gasteiger partial charge on any atom is 0.305 e. The van der Waals surface area contributed by atoms with Crippen molar-refractivity contribution >= 4 is 5.97 Å². The summed E-state index contributed by atoms with van der Waals surface area (Å²) in [5.74, 6) is -0.0906. The largest absolute Gasteiger partial charge is 0.469 e. The number of ether oxygens (including phenoxy) is 2. The van der Waals surface area contributed by atoms with Crippen LogP contribution >= 0.6 is 0 Å². The van der Waals surface area contributed by atoms with Crippen LogP contribution in [0.3, 0.4) is 0 Å². The maximum atomic E-state index is 11.0. The quantitative estimate of drug-likeness (QED) is 0.204. The molecule has 0 spiro atoms. The second-order valence-corrected chi connectivity index (χ2v) is 6.28. The highest BCUT2D eigenvalue weighted by Crippen LogP contribution is 2.14. The van der Waals surface area contributed by atoms with Gasteiger partial charge >= 0.3 is 5.97 Å². The number of hydrogen-bond donors (Lipinski definition) is 0. The lowest BCUT2D eigenvalue weighted by Gasteiger charge is -2.14. The van der Waals surface area contributed by atoms with Crippen molar-refractivity contribution in [1.82, 2.24) is 0 Å². The van der Waals surface area contributed by atoms with Crippen LogP contribution in [0.2, 0.25) is 0 Å². The molecule has 0 radical (unpaired) electrons. The van der Waals surface area contributed by atoms with Gasteiger partial charge in [0.15, 0.2) is 0 Å². The molecule has 0 N–H and O–H groups in total. The van der Waals surface area contributed by atoms with Crippen LogP contribution in [0, 0.1) is 0 Å². The van der Waals surface area contributed by atoms with Crippen molar-refractivity contribution in [3.05, 3.63) is 12.2 Å². The fraction of sp³-hybridized carbons (Fsp3) is 0.850. The topological polar surface area (TPSA) is 35.5 Å². The number of hydrogen-bond acceptors (Lipinski definition) is 3. The smallest absolute Gasteiger partial charge is 0.305 e. The third kappa shape index (κ3) is 15.8. The molecule has 0 aromatic rings. The minimum absolute atomic E-state index is 0.0906. The van der Waals surface area contributed by atoms with Gasteiger partial charge in [0.05, 0.1) is 13.2 Å². The summed E-state index contributed by atoms with van der Waals surface area (Å²) < 4.78 is 10.2. The minimum atomic E-state index is -0.0906. The van der Waals surface area contributed by atoms with Crippen LogP contribution in [0.4, 0.5) is 0 Å². The monoisotopic (exact) mass is 326 g/mol. The second kappa shape index (κ2) is 17.5. The standard InChI is InChI=1S/C20H38O3/c1-4-5-6-7-8-10-13-16-19(22-2)17-14-11-9-12-15-18-20(21)23-3/h8,10,19H,4-7,9,11-18H2,1-3H3/b10-8-/t19-/m1/s1. The van der Waals surface area contributed by atoms with Crippen LogP contribution in [0.15, 0.2) is 12.2 Å². The first-order chi connectivity index (χ1) is 11.2. The summed E-state index contributed by atoms with van der Waals surface area (Å²) in [4.78, 5) is 11.0. The van der Waals surface area contributed by atoms with Gasteiger partial charge in [-0.1, -0.05) is 57.6 Å². The summed E-state index contributed by atoms with van der Waals surface area (Å²) in [5.41, 5.74) is 0. The Hall–Kier alpha value is -0.830. The van der Waals surface area contributed by atoms with Gasteiger partial charge in [0, 0.05) is 13.5 Å².